The molecule has 1 heterocycles. The van der Waals surface area contributed by atoms with Gasteiger partial charge in [-0.15, -0.1) is 12.4 Å². The third kappa shape index (κ3) is 1.77. The highest BCUT2D eigenvalue weighted by Gasteiger charge is 1.91. The minimum atomic E-state index is 0. The quantitative estimate of drug-likeness (QED) is 0.646. The van der Waals surface area contributed by atoms with Gasteiger partial charge in [-0.25, -0.2) is 4.98 Å². The van der Waals surface area contributed by atoms with E-state index in [9.17, 15) is 0 Å². The van der Waals surface area contributed by atoms with E-state index < -0.39 is 0 Å². The maximum Gasteiger partial charge on any atom is 0.146 e. The predicted molar refractivity (Wildman–Crippen MR) is 45.4 cm³/mol. The standard InChI is InChI=1S/C6H9N3.ClH/c1-8-5-3-2-4-9-6(5)7;/h2-4,8H,1H3,(H2,7,9);1H. The lowest BCUT2D eigenvalue weighted by atomic mass is 10.4. The Balaban J connectivity index is 0.000000810. The van der Waals surface area contributed by atoms with Gasteiger partial charge in [-0.3, -0.25) is 0 Å². The number of nitrogen functional groups attached to an aromatic ring is 1. The second kappa shape index (κ2) is 3.95. The van der Waals surface area contributed by atoms with Gasteiger partial charge in [-0.1, -0.05) is 0 Å². The Morgan fingerprint density at radius 3 is 2.70 bits per heavy atom. The number of nitrogens with zero attached hydrogens (tertiary/aromatic N) is 1. The summed E-state index contributed by atoms with van der Waals surface area (Å²) in [4.78, 5) is 3.87. The molecule has 10 heavy (non-hydrogen) atoms. The summed E-state index contributed by atoms with van der Waals surface area (Å²) in [5.74, 6) is 0.542. The van der Waals surface area contributed by atoms with Crippen LogP contribution in [0.25, 0.3) is 0 Å². The van der Waals surface area contributed by atoms with E-state index >= 15 is 0 Å². The van der Waals surface area contributed by atoms with Crippen LogP contribution in [0.15, 0.2) is 18.3 Å². The smallest absolute Gasteiger partial charge is 0.146 e. The number of hydrogen-bond donors (Lipinski definition) is 2. The zero-order valence-corrected chi connectivity index (χ0v) is 6.48. The third-order valence-electron chi connectivity index (χ3n) is 1.11. The molecule has 0 atom stereocenters. The molecule has 0 aliphatic heterocycles. The lowest BCUT2D eigenvalue weighted by Gasteiger charge is -1.99. The molecule has 1 aromatic rings. The van der Waals surface area contributed by atoms with Gasteiger partial charge in [0.25, 0.3) is 0 Å². The largest absolute Gasteiger partial charge is 0.385 e. The summed E-state index contributed by atoms with van der Waals surface area (Å²) in [5.41, 5.74) is 6.33. The van der Waals surface area contributed by atoms with E-state index in [1.807, 2.05) is 19.2 Å². The van der Waals surface area contributed by atoms with Crippen molar-refractivity contribution in [3.8, 4) is 0 Å². The predicted octanol–water partition coefficient (Wildman–Crippen LogP) is 1.13. The van der Waals surface area contributed by atoms with Gasteiger partial charge < -0.3 is 11.1 Å². The first-order chi connectivity index (χ1) is 4.34. The Kier molecular flexibility index (Phi) is 3.57. The molecule has 0 aliphatic carbocycles. The van der Waals surface area contributed by atoms with Crippen LogP contribution in [0.2, 0.25) is 0 Å². The van der Waals surface area contributed by atoms with Crippen molar-refractivity contribution in [1.82, 2.24) is 4.98 Å². The highest BCUT2D eigenvalue weighted by atomic mass is 35.5. The minimum Gasteiger partial charge on any atom is -0.385 e. The molecule has 1 aromatic heterocycles. The highest BCUT2D eigenvalue weighted by molar-refractivity contribution is 5.85. The minimum absolute atomic E-state index is 0. The molecule has 4 heteroatoms. The fourth-order valence-electron chi connectivity index (χ4n) is 0.629. The lowest BCUT2D eigenvalue weighted by molar-refractivity contribution is 1.32. The van der Waals surface area contributed by atoms with E-state index in [0.717, 1.165) is 5.69 Å². The van der Waals surface area contributed by atoms with E-state index in [1.165, 1.54) is 0 Å². The van der Waals surface area contributed by atoms with Crippen molar-refractivity contribution in [2.45, 2.75) is 0 Å². The number of hydrogen-bond acceptors (Lipinski definition) is 3. The fourth-order valence-corrected chi connectivity index (χ4v) is 0.629. The number of nitrogens with two attached hydrogens (primary N) is 1. The number of halogens is 1. The maximum absolute atomic E-state index is 5.46. The zero-order valence-electron chi connectivity index (χ0n) is 5.66. The Morgan fingerprint density at radius 2 is 2.30 bits per heavy atom. The Morgan fingerprint density at radius 1 is 1.60 bits per heavy atom. The molecular weight excluding hydrogens is 150 g/mol. The summed E-state index contributed by atoms with van der Waals surface area (Å²) in [7, 11) is 1.81. The van der Waals surface area contributed by atoms with Crippen molar-refractivity contribution in [1.29, 1.82) is 0 Å². The molecule has 3 nitrogen and oxygen atoms in total. The van der Waals surface area contributed by atoms with Crippen LogP contribution in [0.1, 0.15) is 0 Å². The Hall–Kier alpha value is -0.960. The van der Waals surface area contributed by atoms with Crippen LogP contribution in [0.4, 0.5) is 11.5 Å². The molecule has 0 spiro atoms. The summed E-state index contributed by atoms with van der Waals surface area (Å²) in [5, 5.41) is 2.91. The van der Waals surface area contributed by atoms with Gasteiger partial charge in [0.05, 0.1) is 5.69 Å². The average molecular weight is 160 g/mol. The van der Waals surface area contributed by atoms with Crippen molar-refractivity contribution in [2.24, 2.45) is 0 Å². The van der Waals surface area contributed by atoms with Crippen molar-refractivity contribution in [2.75, 3.05) is 18.1 Å². The van der Waals surface area contributed by atoms with Gasteiger partial charge in [0.1, 0.15) is 5.82 Å². The van der Waals surface area contributed by atoms with Gasteiger partial charge in [0, 0.05) is 13.2 Å². The third-order valence-corrected chi connectivity index (χ3v) is 1.11. The zero-order chi connectivity index (χ0) is 6.69. The molecule has 0 unspecified atom stereocenters. The van der Waals surface area contributed by atoms with E-state index in [4.69, 9.17) is 5.73 Å². The molecule has 1 rings (SSSR count). The summed E-state index contributed by atoms with van der Waals surface area (Å²) >= 11 is 0. The highest BCUT2D eigenvalue weighted by Crippen LogP contribution is 2.11. The van der Waals surface area contributed by atoms with Crippen molar-refractivity contribution >= 4 is 23.9 Å². The number of anilines is 2. The van der Waals surface area contributed by atoms with E-state index in [2.05, 4.69) is 10.3 Å². The van der Waals surface area contributed by atoms with Crippen molar-refractivity contribution in [3.05, 3.63) is 18.3 Å². The average Bonchev–Trinajstić information content (AvgIpc) is 1.89. The van der Waals surface area contributed by atoms with Crippen LogP contribution in [0.5, 0.6) is 0 Å². The van der Waals surface area contributed by atoms with Crippen LogP contribution >= 0.6 is 12.4 Å². The summed E-state index contributed by atoms with van der Waals surface area (Å²) in [6.07, 6.45) is 1.66. The molecule has 0 aromatic carbocycles. The molecule has 0 radical (unpaired) electrons. The van der Waals surface area contributed by atoms with Gasteiger partial charge in [0.2, 0.25) is 0 Å². The first-order valence-electron chi connectivity index (χ1n) is 2.73. The number of nitrogens with one attached hydrogen (secondary N) is 1. The van der Waals surface area contributed by atoms with Crippen LogP contribution in [-0.2, 0) is 0 Å². The fraction of sp³-hybridized carbons (Fsp3) is 0.167. The second-order valence-electron chi connectivity index (χ2n) is 1.69. The molecular formula is C6H10ClN3. The molecule has 0 aliphatic rings. The normalized spacial score (nSPS) is 8.10. The van der Waals surface area contributed by atoms with Crippen LogP contribution in [0.3, 0.4) is 0 Å². The molecule has 56 valence electrons. The van der Waals surface area contributed by atoms with Crippen LogP contribution in [-0.4, -0.2) is 12.0 Å². The summed E-state index contributed by atoms with van der Waals surface area (Å²) < 4.78 is 0. The monoisotopic (exact) mass is 159 g/mol. The summed E-state index contributed by atoms with van der Waals surface area (Å²) in [6, 6.07) is 3.71. The number of rotatable bonds is 1. The molecule has 0 bridgehead atoms. The first kappa shape index (κ1) is 9.04. The number of aromatic nitrogens is 1. The van der Waals surface area contributed by atoms with Crippen LogP contribution in [0, 0.1) is 0 Å². The van der Waals surface area contributed by atoms with Gasteiger partial charge in [-0.2, -0.15) is 0 Å². The number of pyridine rings is 1. The summed E-state index contributed by atoms with van der Waals surface area (Å²) in [6.45, 7) is 0. The van der Waals surface area contributed by atoms with Gasteiger partial charge >= 0.3 is 0 Å². The molecule has 0 fully saturated rings. The Labute approximate surface area is 66.1 Å². The molecule has 0 saturated heterocycles. The molecule has 3 N–H and O–H groups in total. The van der Waals surface area contributed by atoms with Crippen molar-refractivity contribution < 1.29 is 0 Å². The van der Waals surface area contributed by atoms with Crippen molar-refractivity contribution in [3.63, 3.8) is 0 Å². The maximum atomic E-state index is 5.46. The molecule has 0 saturated carbocycles. The Bertz CT molecular complexity index is 202. The topological polar surface area (TPSA) is 50.9 Å². The van der Waals surface area contributed by atoms with E-state index in [1.54, 1.807) is 6.20 Å². The second-order valence-corrected chi connectivity index (χ2v) is 1.69. The van der Waals surface area contributed by atoms with Crippen LogP contribution < -0.4 is 11.1 Å². The first-order valence-corrected chi connectivity index (χ1v) is 2.73. The lowest BCUT2D eigenvalue weighted by Crippen LogP contribution is -1.96. The molecule has 0 amide bonds. The van der Waals surface area contributed by atoms with Gasteiger partial charge in [-0.05, 0) is 12.1 Å². The van der Waals surface area contributed by atoms with E-state index in [0.29, 0.717) is 5.82 Å². The van der Waals surface area contributed by atoms with E-state index in [-0.39, 0.29) is 12.4 Å². The SMILES string of the molecule is CNc1cccnc1N.Cl. The van der Waals surface area contributed by atoms with Gasteiger partial charge in [0.15, 0.2) is 0 Å².